The summed E-state index contributed by atoms with van der Waals surface area (Å²) in [6.45, 7) is 0.342. The van der Waals surface area contributed by atoms with Crippen molar-refractivity contribution in [2.24, 2.45) is 0 Å². The highest BCUT2D eigenvalue weighted by molar-refractivity contribution is 7.92. The molecule has 0 radical (unpaired) electrons. The second-order valence-electron chi connectivity index (χ2n) is 7.40. The lowest BCUT2D eigenvalue weighted by Crippen LogP contribution is -2.45. The summed E-state index contributed by atoms with van der Waals surface area (Å²) in [5.41, 5.74) is 1.59. The predicted molar refractivity (Wildman–Crippen MR) is 108 cm³/mol. The lowest BCUT2D eigenvalue weighted by atomic mass is 9.68. The van der Waals surface area contributed by atoms with Crippen molar-refractivity contribution in [1.82, 2.24) is 5.32 Å². The van der Waals surface area contributed by atoms with Crippen LogP contribution in [0.2, 0.25) is 0 Å². The fourth-order valence-corrected chi connectivity index (χ4v) is 4.39. The number of carbonyl (C=O) groups is 1. The molecule has 5 nitrogen and oxygen atoms in total. The highest BCUT2D eigenvalue weighted by atomic mass is 32.2. The Balaban J connectivity index is 1.79. The molecule has 2 N–H and O–H groups in total. The van der Waals surface area contributed by atoms with Crippen molar-refractivity contribution in [2.45, 2.75) is 44.1 Å². The van der Waals surface area contributed by atoms with Crippen molar-refractivity contribution in [3.8, 4) is 0 Å². The highest BCUT2D eigenvalue weighted by Crippen LogP contribution is 2.40. The van der Waals surface area contributed by atoms with Crippen molar-refractivity contribution in [3.05, 3.63) is 65.5 Å². The van der Waals surface area contributed by atoms with E-state index in [4.69, 9.17) is 0 Å². The number of rotatable bonds is 6. The summed E-state index contributed by atoms with van der Waals surface area (Å²) in [4.78, 5) is 13.2. The lowest BCUT2D eigenvalue weighted by molar-refractivity contribution is -0.128. The van der Waals surface area contributed by atoms with Gasteiger partial charge in [-0.1, -0.05) is 43.5 Å². The van der Waals surface area contributed by atoms with Crippen molar-refractivity contribution < 1.29 is 17.6 Å². The number of benzene rings is 2. The first-order chi connectivity index (χ1) is 13.3. The van der Waals surface area contributed by atoms with E-state index in [1.54, 1.807) is 24.3 Å². The minimum Gasteiger partial charge on any atom is -0.351 e. The van der Waals surface area contributed by atoms with E-state index < -0.39 is 15.4 Å². The summed E-state index contributed by atoms with van der Waals surface area (Å²) in [6, 6.07) is 13.1. The van der Waals surface area contributed by atoms with Crippen LogP contribution in [0.1, 0.15) is 43.2 Å². The summed E-state index contributed by atoms with van der Waals surface area (Å²) < 4.78 is 38.3. The Bertz CT molecular complexity index is 919. The van der Waals surface area contributed by atoms with Gasteiger partial charge in [-0.2, -0.15) is 0 Å². The Hall–Kier alpha value is -2.41. The van der Waals surface area contributed by atoms with E-state index in [2.05, 4.69) is 10.0 Å². The van der Waals surface area contributed by atoms with Gasteiger partial charge in [0.25, 0.3) is 0 Å². The predicted octanol–water partition coefficient (Wildman–Crippen LogP) is 3.72. The van der Waals surface area contributed by atoms with E-state index in [0.29, 0.717) is 12.2 Å². The first-order valence-electron chi connectivity index (χ1n) is 9.40. The molecule has 1 aliphatic rings. The zero-order chi connectivity index (χ0) is 20.2. The number of sulfonamides is 1. The van der Waals surface area contributed by atoms with Crippen LogP contribution in [-0.4, -0.2) is 20.6 Å². The number of nitrogens with one attached hydrogen (secondary N) is 2. The number of hydrogen-bond donors (Lipinski definition) is 2. The first-order valence-corrected chi connectivity index (χ1v) is 11.3. The lowest BCUT2D eigenvalue weighted by Gasteiger charge is -2.36. The molecule has 0 heterocycles. The number of halogens is 1. The molecular weight excluding hydrogens is 379 g/mol. The van der Waals surface area contributed by atoms with E-state index in [1.165, 1.54) is 12.1 Å². The topological polar surface area (TPSA) is 75.3 Å². The van der Waals surface area contributed by atoms with Crippen LogP contribution >= 0.6 is 0 Å². The van der Waals surface area contributed by atoms with Crippen LogP contribution in [-0.2, 0) is 26.8 Å². The van der Waals surface area contributed by atoms with Gasteiger partial charge < -0.3 is 5.32 Å². The summed E-state index contributed by atoms with van der Waals surface area (Å²) in [7, 11) is -3.34. The molecule has 0 aromatic heterocycles. The smallest absolute Gasteiger partial charge is 0.230 e. The minimum atomic E-state index is -3.34. The quantitative estimate of drug-likeness (QED) is 0.771. The maximum atomic E-state index is 13.2. The minimum absolute atomic E-state index is 0.0413. The van der Waals surface area contributed by atoms with Gasteiger partial charge in [0.15, 0.2) is 0 Å². The van der Waals surface area contributed by atoms with Crippen LogP contribution in [0.4, 0.5) is 10.1 Å². The van der Waals surface area contributed by atoms with Crippen LogP contribution in [0.3, 0.4) is 0 Å². The molecule has 0 saturated heterocycles. The zero-order valence-electron chi connectivity index (χ0n) is 15.9. The summed E-state index contributed by atoms with van der Waals surface area (Å²) in [5, 5.41) is 3.01. The molecular formula is C21H25FN2O3S. The van der Waals surface area contributed by atoms with E-state index in [1.807, 2.05) is 12.1 Å². The van der Waals surface area contributed by atoms with Crippen molar-refractivity contribution in [3.63, 3.8) is 0 Å². The van der Waals surface area contributed by atoms with Gasteiger partial charge in [-0.05, 0) is 48.2 Å². The molecule has 7 heteroatoms. The van der Waals surface area contributed by atoms with Crippen molar-refractivity contribution in [1.29, 1.82) is 0 Å². The Morgan fingerprint density at radius 3 is 2.18 bits per heavy atom. The third-order valence-electron chi connectivity index (χ3n) is 5.25. The number of amides is 1. The Kier molecular flexibility index (Phi) is 6.03. The van der Waals surface area contributed by atoms with Crippen LogP contribution < -0.4 is 10.0 Å². The van der Waals surface area contributed by atoms with Crippen molar-refractivity contribution >= 4 is 21.6 Å². The van der Waals surface area contributed by atoms with Crippen molar-refractivity contribution in [2.75, 3.05) is 11.0 Å². The fraction of sp³-hybridized carbons (Fsp3) is 0.381. The molecule has 2 aromatic carbocycles. The molecule has 2 aromatic rings. The molecule has 1 aliphatic carbocycles. The summed E-state index contributed by atoms with van der Waals surface area (Å²) in [5.74, 6) is -0.345. The Morgan fingerprint density at radius 1 is 1.00 bits per heavy atom. The Morgan fingerprint density at radius 2 is 1.61 bits per heavy atom. The molecule has 28 heavy (non-hydrogen) atoms. The summed E-state index contributed by atoms with van der Waals surface area (Å²) in [6.07, 6.45) is 5.63. The van der Waals surface area contributed by atoms with Gasteiger partial charge in [-0.25, -0.2) is 12.8 Å². The normalized spacial score (nSPS) is 16.4. The van der Waals surface area contributed by atoms with Gasteiger partial charge in [0.2, 0.25) is 15.9 Å². The third-order valence-corrected chi connectivity index (χ3v) is 5.86. The van der Waals surface area contributed by atoms with Crippen LogP contribution in [0.5, 0.6) is 0 Å². The fourth-order valence-electron chi connectivity index (χ4n) is 3.83. The highest BCUT2D eigenvalue weighted by Gasteiger charge is 2.40. The average molecular weight is 405 g/mol. The molecule has 0 bridgehead atoms. The monoisotopic (exact) mass is 404 g/mol. The molecule has 1 saturated carbocycles. The molecule has 3 rings (SSSR count). The molecule has 0 aliphatic heterocycles. The van der Waals surface area contributed by atoms with Gasteiger partial charge in [-0.3, -0.25) is 9.52 Å². The van der Waals surface area contributed by atoms with Crippen LogP contribution in [0, 0.1) is 5.82 Å². The molecule has 1 fully saturated rings. The third kappa shape index (κ3) is 4.90. The molecule has 150 valence electrons. The molecule has 1 amide bonds. The van der Waals surface area contributed by atoms with Crippen LogP contribution in [0.25, 0.3) is 0 Å². The van der Waals surface area contributed by atoms with E-state index in [-0.39, 0.29) is 11.7 Å². The zero-order valence-corrected chi connectivity index (χ0v) is 16.7. The van der Waals surface area contributed by atoms with Gasteiger partial charge in [0, 0.05) is 12.2 Å². The van der Waals surface area contributed by atoms with Gasteiger partial charge in [0.05, 0.1) is 11.7 Å². The van der Waals surface area contributed by atoms with E-state index in [9.17, 15) is 17.6 Å². The largest absolute Gasteiger partial charge is 0.351 e. The summed E-state index contributed by atoms with van der Waals surface area (Å²) >= 11 is 0. The van der Waals surface area contributed by atoms with Gasteiger partial charge in [0.1, 0.15) is 5.82 Å². The number of anilines is 1. The second kappa shape index (κ2) is 8.31. The molecule has 0 unspecified atom stereocenters. The van der Waals surface area contributed by atoms with E-state index >= 15 is 0 Å². The van der Waals surface area contributed by atoms with Crippen LogP contribution in [0.15, 0.2) is 48.5 Å². The van der Waals surface area contributed by atoms with E-state index in [0.717, 1.165) is 49.5 Å². The van der Waals surface area contributed by atoms with Gasteiger partial charge >= 0.3 is 0 Å². The SMILES string of the molecule is CS(=O)(=O)Nc1ccc(C2(C(=O)NCc3ccc(F)cc3)CCCCC2)cc1. The second-order valence-corrected chi connectivity index (χ2v) is 9.15. The average Bonchev–Trinajstić information content (AvgIpc) is 2.67. The first kappa shape index (κ1) is 20.3. The number of carbonyl (C=O) groups excluding carboxylic acids is 1. The molecule has 0 spiro atoms. The Labute approximate surface area is 165 Å². The molecule has 0 atom stereocenters. The maximum Gasteiger partial charge on any atom is 0.230 e. The number of hydrogen-bond acceptors (Lipinski definition) is 3. The standard InChI is InChI=1S/C21H25FN2O3S/c1-28(26,27)24-19-11-7-17(8-12-19)21(13-3-2-4-14-21)20(25)23-15-16-5-9-18(22)10-6-16/h5-12,24H,2-4,13-15H2,1H3,(H,23,25). The maximum absolute atomic E-state index is 13.2. The van der Waals surface area contributed by atoms with Gasteiger partial charge in [-0.15, -0.1) is 0 Å².